The van der Waals surface area contributed by atoms with Gasteiger partial charge < -0.3 is 18.9 Å². The fraction of sp³-hybridized carbons (Fsp3) is 0.444. The van der Waals surface area contributed by atoms with E-state index in [0.29, 0.717) is 24.5 Å². The average molecular weight is 330 g/mol. The highest BCUT2D eigenvalue weighted by atomic mass is 16.5. The molecule has 0 spiro atoms. The molecule has 0 aliphatic carbocycles. The smallest absolute Gasteiger partial charge is 0.228 e. The SMILES string of the molecule is COc1cccc(-c2cc(CC(=O)N3C[C@@H](C)O[C@H](C)C3)no2)c1. The third-order valence-electron chi connectivity index (χ3n) is 4.02. The molecule has 0 radical (unpaired) electrons. The number of carbonyl (C=O) groups is 1. The molecule has 128 valence electrons. The largest absolute Gasteiger partial charge is 0.497 e. The van der Waals surface area contributed by atoms with Crippen LogP contribution in [0.3, 0.4) is 0 Å². The number of hydrogen-bond acceptors (Lipinski definition) is 5. The third-order valence-corrected chi connectivity index (χ3v) is 4.02. The number of hydrogen-bond donors (Lipinski definition) is 0. The number of carbonyl (C=O) groups excluding carboxylic acids is 1. The zero-order valence-corrected chi connectivity index (χ0v) is 14.2. The first-order chi connectivity index (χ1) is 11.5. The molecule has 3 rings (SSSR count). The molecule has 6 nitrogen and oxygen atoms in total. The topological polar surface area (TPSA) is 64.8 Å². The molecule has 0 N–H and O–H groups in total. The summed E-state index contributed by atoms with van der Waals surface area (Å²) in [6.45, 7) is 5.19. The van der Waals surface area contributed by atoms with Crippen LogP contribution in [0.2, 0.25) is 0 Å². The van der Waals surface area contributed by atoms with Crippen molar-refractivity contribution in [3.8, 4) is 17.1 Å². The van der Waals surface area contributed by atoms with Crippen molar-refractivity contribution < 1.29 is 18.8 Å². The Morgan fingerprint density at radius 1 is 1.29 bits per heavy atom. The van der Waals surface area contributed by atoms with Gasteiger partial charge in [-0.05, 0) is 26.0 Å². The van der Waals surface area contributed by atoms with Crippen molar-refractivity contribution in [3.05, 3.63) is 36.0 Å². The predicted octanol–water partition coefficient (Wildman–Crippen LogP) is 2.53. The molecule has 2 aromatic rings. The highest BCUT2D eigenvalue weighted by molar-refractivity contribution is 5.79. The van der Waals surface area contributed by atoms with Gasteiger partial charge in [-0.15, -0.1) is 0 Å². The average Bonchev–Trinajstić information content (AvgIpc) is 3.02. The van der Waals surface area contributed by atoms with Crippen LogP contribution in [0, 0.1) is 0 Å². The number of ether oxygens (including phenoxy) is 2. The first-order valence-corrected chi connectivity index (χ1v) is 8.08. The lowest BCUT2D eigenvalue weighted by Gasteiger charge is -2.35. The normalized spacial score (nSPS) is 20.9. The Hall–Kier alpha value is -2.34. The zero-order chi connectivity index (χ0) is 17.1. The molecule has 1 aromatic carbocycles. The molecule has 1 aliphatic rings. The summed E-state index contributed by atoms with van der Waals surface area (Å²) in [6.07, 6.45) is 0.345. The molecule has 0 unspecified atom stereocenters. The summed E-state index contributed by atoms with van der Waals surface area (Å²) in [7, 11) is 1.62. The van der Waals surface area contributed by atoms with Crippen LogP contribution in [0.1, 0.15) is 19.5 Å². The molecule has 1 aromatic heterocycles. The molecule has 0 saturated carbocycles. The van der Waals surface area contributed by atoms with E-state index in [-0.39, 0.29) is 24.5 Å². The quantitative estimate of drug-likeness (QED) is 0.862. The summed E-state index contributed by atoms with van der Waals surface area (Å²) in [5.74, 6) is 1.42. The van der Waals surface area contributed by atoms with Crippen molar-refractivity contribution in [2.75, 3.05) is 20.2 Å². The summed E-state index contributed by atoms with van der Waals surface area (Å²) in [6, 6.07) is 9.35. The minimum atomic E-state index is 0.0440. The van der Waals surface area contributed by atoms with Gasteiger partial charge in [0.05, 0.1) is 31.4 Å². The van der Waals surface area contributed by atoms with Crippen LogP contribution in [-0.4, -0.2) is 48.4 Å². The van der Waals surface area contributed by atoms with Crippen molar-refractivity contribution in [2.45, 2.75) is 32.5 Å². The van der Waals surface area contributed by atoms with Gasteiger partial charge in [0.25, 0.3) is 0 Å². The fourth-order valence-corrected chi connectivity index (χ4v) is 2.96. The predicted molar refractivity (Wildman–Crippen MR) is 88.8 cm³/mol. The van der Waals surface area contributed by atoms with Crippen LogP contribution in [0.25, 0.3) is 11.3 Å². The fourth-order valence-electron chi connectivity index (χ4n) is 2.96. The van der Waals surface area contributed by atoms with Crippen molar-refractivity contribution in [3.63, 3.8) is 0 Å². The summed E-state index contributed by atoms with van der Waals surface area (Å²) < 4.78 is 16.3. The first kappa shape index (κ1) is 16.5. The van der Waals surface area contributed by atoms with Gasteiger partial charge in [0.1, 0.15) is 5.75 Å². The van der Waals surface area contributed by atoms with Crippen molar-refractivity contribution in [1.29, 1.82) is 0 Å². The molecule has 1 saturated heterocycles. The summed E-state index contributed by atoms with van der Waals surface area (Å²) in [5.41, 5.74) is 1.50. The van der Waals surface area contributed by atoms with Crippen LogP contribution in [0.15, 0.2) is 34.9 Å². The maximum atomic E-state index is 12.5. The van der Waals surface area contributed by atoms with Crippen LogP contribution >= 0.6 is 0 Å². The Balaban J connectivity index is 1.68. The monoisotopic (exact) mass is 330 g/mol. The van der Waals surface area contributed by atoms with Crippen LogP contribution in [0.4, 0.5) is 0 Å². The summed E-state index contributed by atoms with van der Waals surface area (Å²) in [4.78, 5) is 14.3. The van der Waals surface area contributed by atoms with Crippen LogP contribution in [-0.2, 0) is 16.0 Å². The summed E-state index contributed by atoms with van der Waals surface area (Å²) >= 11 is 0. The summed E-state index contributed by atoms with van der Waals surface area (Å²) in [5, 5.41) is 4.03. The number of rotatable bonds is 4. The number of methoxy groups -OCH3 is 1. The lowest BCUT2D eigenvalue weighted by atomic mass is 10.1. The van der Waals surface area contributed by atoms with Crippen molar-refractivity contribution in [1.82, 2.24) is 10.1 Å². The number of benzene rings is 1. The zero-order valence-electron chi connectivity index (χ0n) is 14.2. The minimum absolute atomic E-state index is 0.0440. The van der Waals surface area contributed by atoms with Gasteiger partial charge in [-0.25, -0.2) is 0 Å². The number of nitrogens with zero attached hydrogens (tertiary/aromatic N) is 2. The van der Waals surface area contributed by atoms with Gasteiger partial charge in [-0.2, -0.15) is 0 Å². The van der Waals surface area contributed by atoms with Crippen molar-refractivity contribution in [2.24, 2.45) is 0 Å². The van der Waals surface area contributed by atoms with E-state index >= 15 is 0 Å². The molecule has 0 bridgehead atoms. The van der Waals surface area contributed by atoms with Gasteiger partial charge in [-0.1, -0.05) is 17.3 Å². The van der Waals surface area contributed by atoms with Crippen LogP contribution in [0.5, 0.6) is 5.75 Å². The van der Waals surface area contributed by atoms with Gasteiger partial charge in [-0.3, -0.25) is 4.79 Å². The molecule has 2 heterocycles. The third kappa shape index (κ3) is 3.76. The Kier molecular flexibility index (Phi) is 4.85. The molecular formula is C18H22N2O4. The van der Waals surface area contributed by atoms with E-state index in [1.807, 2.05) is 43.0 Å². The van der Waals surface area contributed by atoms with Gasteiger partial charge in [0.2, 0.25) is 5.91 Å². The Morgan fingerprint density at radius 3 is 2.75 bits per heavy atom. The first-order valence-electron chi connectivity index (χ1n) is 8.08. The molecule has 6 heteroatoms. The van der Waals surface area contributed by atoms with E-state index in [9.17, 15) is 4.79 Å². The highest BCUT2D eigenvalue weighted by Gasteiger charge is 2.26. The second-order valence-corrected chi connectivity index (χ2v) is 6.15. The number of morpholine rings is 1. The minimum Gasteiger partial charge on any atom is -0.497 e. The Bertz CT molecular complexity index is 703. The lowest BCUT2D eigenvalue weighted by molar-refractivity contribution is -0.142. The number of aromatic nitrogens is 1. The molecule has 1 fully saturated rings. The molecule has 1 amide bonds. The van der Waals surface area contributed by atoms with E-state index in [4.69, 9.17) is 14.0 Å². The second-order valence-electron chi connectivity index (χ2n) is 6.15. The van der Waals surface area contributed by atoms with E-state index < -0.39 is 0 Å². The van der Waals surface area contributed by atoms with Crippen LogP contribution < -0.4 is 4.74 Å². The molecule has 24 heavy (non-hydrogen) atoms. The van der Waals surface area contributed by atoms with E-state index in [2.05, 4.69) is 5.16 Å². The van der Waals surface area contributed by atoms with E-state index in [0.717, 1.165) is 11.3 Å². The molecule has 1 aliphatic heterocycles. The standard InChI is InChI=1S/C18H22N2O4/c1-12-10-20(11-13(2)23-12)18(21)9-15-8-17(24-19-15)14-5-4-6-16(7-14)22-3/h4-8,12-13H,9-11H2,1-3H3/t12-,13-/m1/s1. The van der Waals surface area contributed by atoms with E-state index in [1.54, 1.807) is 13.2 Å². The Morgan fingerprint density at radius 2 is 2.04 bits per heavy atom. The lowest BCUT2D eigenvalue weighted by Crippen LogP contribution is -2.48. The second kappa shape index (κ2) is 7.05. The van der Waals surface area contributed by atoms with E-state index in [1.165, 1.54) is 0 Å². The Labute approximate surface area is 141 Å². The van der Waals surface area contributed by atoms with Gasteiger partial charge in [0, 0.05) is 24.7 Å². The molecular weight excluding hydrogens is 308 g/mol. The maximum absolute atomic E-state index is 12.5. The van der Waals surface area contributed by atoms with Crippen molar-refractivity contribution >= 4 is 5.91 Å². The number of amides is 1. The van der Waals surface area contributed by atoms with Gasteiger partial charge >= 0.3 is 0 Å². The van der Waals surface area contributed by atoms with Gasteiger partial charge in [0.15, 0.2) is 5.76 Å². The highest BCUT2D eigenvalue weighted by Crippen LogP contribution is 2.24. The maximum Gasteiger partial charge on any atom is 0.228 e. The molecule has 2 atom stereocenters.